The first-order valence-corrected chi connectivity index (χ1v) is 4.84. The van der Waals surface area contributed by atoms with Crippen molar-refractivity contribution < 1.29 is 0 Å². The molecule has 1 N–H and O–H groups in total. The third-order valence-electron chi connectivity index (χ3n) is 3.06. The van der Waals surface area contributed by atoms with Crippen LogP contribution in [0.2, 0.25) is 0 Å². The van der Waals surface area contributed by atoms with Gasteiger partial charge < -0.3 is 5.32 Å². The molecule has 1 aromatic heterocycles. The van der Waals surface area contributed by atoms with E-state index >= 15 is 0 Å². The summed E-state index contributed by atoms with van der Waals surface area (Å²) in [7, 11) is 2.05. The number of hydrogen-bond acceptors (Lipinski definition) is 2. The zero-order chi connectivity index (χ0) is 9.31. The SMILES string of the molecule is CNC1(Cc2cnccc2C)CC1. The molecule has 13 heavy (non-hydrogen) atoms. The number of aryl methyl sites for hydroxylation is 1. The number of nitrogens with zero attached hydrogens (tertiary/aromatic N) is 1. The average Bonchev–Trinajstić information content (AvgIpc) is 2.90. The van der Waals surface area contributed by atoms with Gasteiger partial charge in [0, 0.05) is 17.9 Å². The molecular weight excluding hydrogens is 160 g/mol. The monoisotopic (exact) mass is 176 g/mol. The molecule has 1 aromatic rings. The molecule has 2 nitrogen and oxygen atoms in total. The number of rotatable bonds is 3. The molecule has 1 heterocycles. The average molecular weight is 176 g/mol. The highest BCUT2D eigenvalue weighted by Crippen LogP contribution is 2.38. The summed E-state index contributed by atoms with van der Waals surface area (Å²) in [5.41, 5.74) is 3.14. The Hall–Kier alpha value is -0.890. The summed E-state index contributed by atoms with van der Waals surface area (Å²) < 4.78 is 0. The minimum Gasteiger partial charge on any atom is -0.314 e. The molecule has 70 valence electrons. The Morgan fingerprint density at radius 2 is 2.31 bits per heavy atom. The molecule has 2 heteroatoms. The lowest BCUT2D eigenvalue weighted by molar-refractivity contribution is 0.546. The van der Waals surface area contributed by atoms with Crippen LogP contribution in [0, 0.1) is 6.92 Å². The summed E-state index contributed by atoms with van der Waals surface area (Å²) in [6.07, 6.45) is 7.59. The first-order chi connectivity index (χ1) is 6.26. The summed E-state index contributed by atoms with van der Waals surface area (Å²) in [5, 5.41) is 3.40. The van der Waals surface area contributed by atoms with Crippen LogP contribution >= 0.6 is 0 Å². The molecule has 0 bridgehead atoms. The van der Waals surface area contributed by atoms with E-state index in [2.05, 4.69) is 30.3 Å². The molecule has 0 spiro atoms. The first-order valence-electron chi connectivity index (χ1n) is 4.84. The molecule has 0 aliphatic heterocycles. The highest BCUT2D eigenvalue weighted by molar-refractivity contribution is 5.25. The van der Waals surface area contributed by atoms with E-state index in [1.165, 1.54) is 24.0 Å². The van der Waals surface area contributed by atoms with Crippen LogP contribution < -0.4 is 5.32 Å². The molecule has 0 aromatic carbocycles. The van der Waals surface area contributed by atoms with Crippen LogP contribution in [0.5, 0.6) is 0 Å². The molecule has 2 rings (SSSR count). The summed E-state index contributed by atoms with van der Waals surface area (Å²) in [4.78, 5) is 4.16. The lowest BCUT2D eigenvalue weighted by Gasteiger charge is -2.14. The Kier molecular flexibility index (Phi) is 2.08. The van der Waals surface area contributed by atoms with Crippen LogP contribution in [-0.2, 0) is 6.42 Å². The van der Waals surface area contributed by atoms with Crippen molar-refractivity contribution in [3.05, 3.63) is 29.6 Å². The summed E-state index contributed by atoms with van der Waals surface area (Å²) in [5.74, 6) is 0. The van der Waals surface area contributed by atoms with Gasteiger partial charge in [0.1, 0.15) is 0 Å². The summed E-state index contributed by atoms with van der Waals surface area (Å²) in [6.45, 7) is 2.16. The molecular formula is C11H16N2. The zero-order valence-electron chi connectivity index (χ0n) is 8.30. The smallest absolute Gasteiger partial charge is 0.0303 e. The number of aromatic nitrogens is 1. The van der Waals surface area contributed by atoms with E-state index in [4.69, 9.17) is 0 Å². The lowest BCUT2D eigenvalue weighted by Crippen LogP contribution is -2.29. The maximum Gasteiger partial charge on any atom is 0.0303 e. The van der Waals surface area contributed by atoms with E-state index in [0.29, 0.717) is 5.54 Å². The van der Waals surface area contributed by atoms with Crippen molar-refractivity contribution in [3.63, 3.8) is 0 Å². The van der Waals surface area contributed by atoms with Crippen molar-refractivity contribution in [1.29, 1.82) is 0 Å². The van der Waals surface area contributed by atoms with E-state index in [0.717, 1.165) is 6.42 Å². The largest absolute Gasteiger partial charge is 0.314 e. The van der Waals surface area contributed by atoms with E-state index in [1.807, 2.05) is 12.4 Å². The van der Waals surface area contributed by atoms with Crippen LogP contribution in [0.4, 0.5) is 0 Å². The summed E-state index contributed by atoms with van der Waals surface area (Å²) >= 11 is 0. The van der Waals surface area contributed by atoms with Gasteiger partial charge in [-0.25, -0.2) is 0 Å². The highest BCUT2D eigenvalue weighted by Gasteiger charge is 2.40. The Morgan fingerprint density at radius 3 is 2.85 bits per heavy atom. The van der Waals surface area contributed by atoms with Crippen LogP contribution in [-0.4, -0.2) is 17.6 Å². The van der Waals surface area contributed by atoms with Crippen molar-refractivity contribution in [2.75, 3.05) is 7.05 Å². The van der Waals surface area contributed by atoms with E-state index in [9.17, 15) is 0 Å². The molecule has 0 unspecified atom stereocenters. The molecule has 0 atom stereocenters. The van der Waals surface area contributed by atoms with Gasteiger partial charge in [0.25, 0.3) is 0 Å². The normalized spacial score (nSPS) is 18.6. The fraction of sp³-hybridized carbons (Fsp3) is 0.545. The van der Waals surface area contributed by atoms with Crippen molar-refractivity contribution in [1.82, 2.24) is 10.3 Å². The van der Waals surface area contributed by atoms with Crippen LogP contribution in [0.1, 0.15) is 24.0 Å². The van der Waals surface area contributed by atoms with Crippen molar-refractivity contribution in [2.45, 2.75) is 31.7 Å². The van der Waals surface area contributed by atoms with Gasteiger partial charge in [-0.15, -0.1) is 0 Å². The third-order valence-corrected chi connectivity index (χ3v) is 3.06. The molecule has 1 fully saturated rings. The molecule has 1 aliphatic carbocycles. The number of pyridine rings is 1. The van der Waals surface area contributed by atoms with Crippen LogP contribution in [0.15, 0.2) is 18.5 Å². The number of nitrogens with one attached hydrogen (secondary N) is 1. The predicted octanol–water partition coefficient (Wildman–Crippen LogP) is 1.68. The van der Waals surface area contributed by atoms with Crippen molar-refractivity contribution in [3.8, 4) is 0 Å². The predicted molar refractivity (Wildman–Crippen MR) is 53.7 cm³/mol. The van der Waals surface area contributed by atoms with Crippen molar-refractivity contribution in [2.24, 2.45) is 0 Å². The molecule has 0 radical (unpaired) electrons. The van der Waals surface area contributed by atoms with Gasteiger partial charge in [-0.05, 0) is 50.4 Å². The van der Waals surface area contributed by atoms with E-state index in [1.54, 1.807) is 0 Å². The lowest BCUT2D eigenvalue weighted by atomic mass is 10.0. The van der Waals surface area contributed by atoms with Gasteiger partial charge in [-0.2, -0.15) is 0 Å². The maximum absolute atomic E-state index is 4.16. The third kappa shape index (κ3) is 1.73. The fourth-order valence-corrected chi connectivity index (χ4v) is 1.71. The second-order valence-corrected chi connectivity index (χ2v) is 4.01. The Labute approximate surface area is 79.4 Å². The van der Waals surface area contributed by atoms with Gasteiger partial charge >= 0.3 is 0 Å². The first kappa shape index (κ1) is 8.70. The maximum atomic E-state index is 4.16. The van der Waals surface area contributed by atoms with E-state index in [-0.39, 0.29) is 0 Å². The van der Waals surface area contributed by atoms with Gasteiger partial charge in [0.2, 0.25) is 0 Å². The molecule has 0 amide bonds. The Balaban J connectivity index is 2.14. The minimum atomic E-state index is 0.397. The minimum absolute atomic E-state index is 0.397. The fourth-order valence-electron chi connectivity index (χ4n) is 1.71. The van der Waals surface area contributed by atoms with Crippen molar-refractivity contribution >= 4 is 0 Å². The zero-order valence-corrected chi connectivity index (χ0v) is 8.30. The summed E-state index contributed by atoms with van der Waals surface area (Å²) in [6, 6.07) is 2.08. The second-order valence-electron chi connectivity index (χ2n) is 4.01. The van der Waals surface area contributed by atoms with Crippen LogP contribution in [0.3, 0.4) is 0 Å². The molecule has 1 aliphatic rings. The van der Waals surface area contributed by atoms with Gasteiger partial charge in [0.15, 0.2) is 0 Å². The molecule has 1 saturated carbocycles. The quantitative estimate of drug-likeness (QED) is 0.758. The number of hydrogen-bond donors (Lipinski definition) is 1. The molecule has 0 saturated heterocycles. The number of likely N-dealkylation sites (N-methyl/N-ethyl adjacent to an activating group) is 1. The second kappa shape index (κ2) is 3.11. The topological polar surface area (TPSA) is 24.9 Å². The van der Waals surface area contributed by atoms with Gasteiger partial charge in [-0.3, -0.25) is 4.98 Å². The van der Waals surface area contributed by atoms with E-state index < -0.39 is 0 Å². The van der Waals surface area contributed by atoms with Gasteiger partial charge in [-0.1, -0.05) is 0 Å². The van der Waals surface area contributed by atoms with Gasteiger partial charge in [0.05, 0.1) is 0 Å². The van der Waals surface area contributed by atoms with Crippen LogP contribution in [0.25, 0.3) is 0 Å². The Morgan fingerprint density at radius 1 is 1.54 bits per heavy atom. The Bertz CT molecular complexity index is 303. The highest BCUT2D eigenvalue weighted by atomic mass is 15.0. The standard InChI is InChI=1S/C11H16N2/c1-9-3-6-13-8-10(9)7-11(12-2)4-5-11/h3,6,8,12H,4-5,7H2,1-2H3.